The van der Waals surface area contributed by atoms with Gasteiger partial charge in [0, 0.05) is 0 Å². The Hall–Kier alpha value is -0.340. The molecule has 0 saturated carbocycles. The third-order valence-corrected chi connectivity index (χ3v) is 6.24. The van der Waals surface area contributed by atoms with E-state index < -0.39 is 15.6 Å². The molecule has 0 aromatic rings. The van der Waals surface area contributed by atoms with Crippen molar-refractivity contribution >= 4 is 10.1 Å². The van der Waals surface area contributed by atoms with Crippen LogP contribution in [-0.2, 0) is 10.1 Å². The lowest BCUT2D eigenvalue weighted by Gasteiger charge is -2.29. The van der Waals surface area contributed by atoms with Gasteiger partial charge in [-0.05, 0) is 31.6 Å². The van der Waals surface area contributed by atoms with Crippen molar-refractivity contribution in [1.29, 1.82) is 0 Å². The normalized spacial score (nSPS) is 20.2. The van der Waals surface area contributed by atoms with Crippen molar-refractivity contribution in [1.82, 2.24) is 0 Å². The first-order valence-corrected chi connectivity index (χ1v) is 12.9. The zero-order chi connectivity index (χ0) is 22.2. The number of hydrogen-bond acceptors (Lipinski definition) is 3. The summed E-state index contributed by atoms with van der Waals surface area (Å²) in [5.74, 6) is 1.06. The van der Waals surface area contributed by atoms with E-state index in [0.29, 0.717) is 0 Å². The summed E-state index contributed by atoms with van der Waals surface area (Å²) in [7, 11) is -6.09. The van der Waals surface area contributed by atoms with E-state index >= 15 is 0 Å². The maximum Gasteiger partial charge on any atom is 0.485 e. The van der Waals surface area contributed by atoms with Gasteiger partial charge in [-0.25, -0.2) is 8.42 Å². The van der Waals surface area contributed by atoms with Crippen LogP contribution in [0.15, 0.2) is 0 Å². The molecule has 0 spiro atoms. The Morgan fingerprint density at radius 2 is 1.24 bits per heavy atom. The Labute approximate surface area is 176 Å². The summed E-state index contributed by atoms with van der Waals surface area (Å²) < 4.78 is 58.9. The molecule has 1 N–H and O–H groups in total. The zero-order valence-corrected chi connectivity index (χ0v) is 19.2. The summed E-state index contributed by atoms with van der Waals surface area (Å²) >= 11 is 0. The molecular formula is C21H42F3NO3S. The molecule has 176 valence electrons. The van der Waals surface area contributed by atoms with E-state index in [2.05, 4.69) is 13.8 Å². The van der Waals surface area contributed by atoms with Gasteiger partial charge >= 0.3 is 5.51 Å². The highest BCUT2D eigenvalue weighted by Crippen LogP contribution is 2.20. The van der Waals surface area contributed by atoms with E-state index in [0.717, 1.165) is 5.92 Å². The Morgan fingerprint density at radius 3 is 1.62 bits per heavy atom. The number of likely N-dealkylation sites (tertiary alicyclic amines) is 1. The monoisotopic (exact) mass is 445 g/mol. The minimum Gasteiger partial charge on any atom is -0.741 e. The quantitative estimate of drug-likeness (QED) is 0.245. The molecule has 1 rings (SSSR count). The number of nitrogens with one attached hydrogen (secondary N) is 1. The molecule has 29 heavy (non-hydrogen) atoms. The molecule has 0 aromatic heterocycles. The van der Waals surface area contributed by atoms with Crippen LogP contribution in [0.3, 0.4) is 0 Å². The predicted molar refractivity (Wildman–Crippen MR) is 111 cm³/mol. The predicted octanol–water partition coefficient (Wildman–Crippen LogP) is 5.05. The van der Waals surface area contributed by atoms with Crippen molar-refractivity contribution in [3.05, 3.63) is 0 Å². The molecule has 0 unspecified atom stereocenters. The molecule has 1 saturated heterocycles. The summed E-state index contributed by atoms with van der Waals surface area (Å²) in [6, 6.07) is 0. The average Bonchev–Trinajstić information content (AvgIpc) is 2.64. The smallest absolute Gasteiger partial charge is 0.485 e. The van der Waals surface area contributed by atoms with Gasteiger partial charge in [-0.3, -0.25) is 0 Å². The van der Waals surface area contributed by atoms with Gasteiger partial charge in [-0.2, -0.15) is 13.2 Å². The topological polar surface area (TPSA) is 61.6 Å². The second-order valence-corrected chi connectivity index (χ2v) is 9.69. The fraction of sp³-hybridized carbons (Fsp3) is 1.00. The molecule has 4 nitrogen and oxygen atoms in total. The number of alkyl halides is 3. The van der Waals surface area contributed by atoms with Crippen LogP contribution in [0.25, 0.3) is 0 Å². The SMILES string of the molecule is CCCCCCCCCCCC[NH+]1CCC(CCC)CC1.O=S(=O)([O-])C(F)(F)F. The van der Waals surface area contributed by atoms with E-state index in [9.17, 15) is 13.2 Å². The summed E-state index contributed by atoms with van der Waals surface area (Å²) in [4.78, 5) is 1.90. The molecule has 0 atom stereocenters. The summed E-state index contributed by atoms with van der Waals surface area (Å²) in [6.07, 6.45) is 20.5. The molecule has 0 amide bonds. The Kier molecular flexibility index (Phi) is 16.2. The van der Waals surface area contributed by atoms with Gasteiger partial charge in [0.2, 0.25) is 0 Å². The molecule has 1 fully saturated rings. The van der Waals surface area contributed by atoms with Crippen LogP contribution in [0, 0.1) is 5.92 Å². The molecule has 0 radical (unpaired) electrons. The molecule has 8 heteroatoms. The van der Waals surface area contributed by atoms with Gasteiger partial charge in [0.1, 0.15) is 0 Å². The van der Waals surface area contributed by atoms with E-state index in [-0.39, 0.29) is 0 Å². The lowest BCUT2D eigenvalue weighted by molar-refractivity contribution is -0.906. The Balaban J connectivity index is 0.000000828. The van der Waals surface area contributed by atoms with Crippen LogP contribution in [0.5, 0.6) is 0 Å². The van der Waals surface area contributed by atoms with Crippen molar-refractivity contribution in [2.75, 3.05) is 19.6 Å². The van der Waals surface area contributed by atoms with E-state index in [4.69, 9.17) is 13.0 Å². The fourth-order valence-corrected chi connectivity index (χ4v) is 3.90. The van der Waals surface area contributed by atoms with E-state index in [1.54, 1.807) is 0 Å². The zero-order valence-electron chi connectivity index (χ0n) is 18.4. The molecule has 1 aliphatic heterocycles. The van der Waals surface area contributed by atoms with E-state index in [1.165, 1.54) is 110 Å². The van der Waals surface area contributed by atoms with Crippen LogP contribution in [0.2, 0.25) is 0 Å². The molecule has 0 bridgehead atoms. The number of unbranched alkanes of at least 4 members (excludes halogenated alkanes) is 9. The minimum absolute atomic E-state index is 1.06. The van der Waals surface area contributed by atoms with Crippen molar-refractivity contribution in [2.24, 2.45) is 5.92 Å². The van der Waals surface area contributed by atoms with Gasteiger partial charge in [0.05, 0.1) is 19.6 Å². The van der Waals surface area contributed by atoms with Crippen LogP contribution in [-0.4, -0.2) is 38.1 Å². The first kappa shape index (κ1) is 28.7. The lowest BCUT2D eigenvalue weighted by Crippen LogP contribution is -3.13. The average molecular weight is 446 g/mol. The molecule has 0 aliphatic carbocycles. The van der Waals surface area contributed by atoms with Gasteiger partial charge in [-0.15, -0.1) is 0 Å². The summed E-state index contributed by atoms with van der Waals surface area (Å²) in [5, 5.41) is 0. The minimum atomic E-state index is -6.09. The highest BCUT2D eigenvalue weighted by molar-refractivity contribution is 7.86. The van der Waals surface area contributed by atoms with Gasteiger partial charge in [-0.1, -0.05) is 78.1 Å². The second kappa shape index (κ2) is 16.4. The number of quaternary nitrogens is 1. The van der Waals surface area contributed by atoms with Crippen molar-refractivity contribution in [3.8, 4) is 0 Å². The largest absolute Gasteiger partial charge is 0.741 e. The van der Waals surface area contributed by atoms with Crippen LogP contribution in [0.1, 0.15) is 104 Å². The molecular weight excluding hydrogens is 403 g/mol. The van der Waals surface area contributed by atoms with E-state index in [1.807, 2.05) is 4.90 Å². The maximum atomic E-state index is 10.7. The van der Waals surface area contributed by atoms with Gasteiger partial charge < -0.3 is 9.45 Å². The molecule has 0 aromatic carbocycles. The summed E-state index contributed by atoms with van der Waals surface area (Å²) in [5.41, 5.74) is -5.65. The van der Waals surface area contributed by atoms with Gasteiger partial charge in [0.25, 0.3) is 0 Å². The summed E-state index contributed by atoms with van der Waals surface area (Å²) in [6.45, 7) is 9.01. The highest BCUT2D eigenvalue weighted by atomic mass is 32.2. The maximum absolute atomic E-state index is 10.7. The highest BCUT2D eigenvalue weighted by Gasteiger charge is 2.36. The van der Waals surface area contributed by atoms with Crippen molar-refractivity contribution in [2.45, 2.75) is 109 Å². The standard InChI is InChI=1S/C20H41N.CHF3O3S/c1-3-5-6-7-8-9-10-11-12-13-17-21-18-15-20(14-4-2)16-19-21;2-1(3,4)8(5,6)7/h20H,3-19H2,1-2H3;(H,5,6,7). The first-order valence-electron chi connectivity index (χ1n) is 11.5. The number of piperidine rings is 1. The lowest BCUT2D eigenvalue weighted by atomic mass is 9.92. The number of rotatable bonds is 13. The fourth-order valence-electron chi connectivity index (χ4n) is 3.90. The first-order chi connectivity index (χ1) is 13.6. The van der Waals surface area contributed by atoms with Crippen molar-refractivity contribution < 1.29 is 31.0 Å². The Morgan fingerprint density at radius 1 is 0.828 bits per heavy atom. The third kappa shape index (κ3) is 16.1. The van der Waals surface area contributed by atoms with Crippen LogP contribution >= 0.6 is 0 Å². The van der Waals surface area contributed by atoms with Gasteiger partial charge in [0.15, 0.2) is 10.1 Å². The molecule has 1 heterocycles. The third-order valence-electron chi connectivity index (χ3n) is 5.68. The van der Waals surface area contributed by atoms with Crippen molar-refractivity contribution in [3.63, 3.8) is 0 Å². The number of halogens is 3. The van der Waals surface area contributed by atoms with Crippen LogP contribution < -0.4 is 4.90 Å². The molecule has 1 aliphatic rings. The second-order valence-electron chi connectivity index (χ2n) is 8.31. The number of hydrogen-bond donors (Lipinski definition) is 1. The Bertz CT molecular complexity index is 476. The van der Waals surface area contributed by atoms with Crippen LogP contribution in [0.4, 0.5) is 13.2 Å².